The lowest BCUT2D eigenvalue weighted by molar-refractivity contribution is -0.220. The molecule has 0 aromatic rings. The van der Waals surface area contributed by atoms with Crippen LogP contribution >= 0.6 is 7.82 Å². The highest BCUT2D eigenvalue weighted by atomic mass is 31.2. The third kappa shape index (κ3) is 30.0. The number of phosphoric ester groups is 1. The third-order valence-corrected chi connectivity index (χ3v) is 11.9. The molecule has 6 unspecified atom stereocenters. The van der Waals surface area contributed by atoms with Gasteiger partial charge in [-0.05, 0) is 70.6 Å². The smallest absolute Gasteiger partial charge is 0.462 e. The first-order chi connectivity index (χ1) is 29.4. The number of aliphatic hydroxyl groups excluding tert-OH is 5. The highest BCUT2D eigenvalue weighted by Gasteiger charge is 2.51. The fourth-order valence-electron chi connectivity index (χ4n) is 7.08. The van der Waals surface area contributed by atoms with Gasteiger partial charge in [0.1, 0.15) is 43.2 Å². The highest BCUT2D eigenvalue weighted by molar-refractivity contribution is 7.47. The molecule has 14 heteroatoms. The van der Waals surface area contributed by atoms with E-state index < -0.39 is 75.7 Å². The highest BCUT2D eigenvalue weighted by Crippen LogP contribution is 2.47. The van der Waals surface area contributed by atoms with Gasteiger partial charge in [0.05, 0.1) is 6.61 Å². The zero-order chi connectivity index (χ0) is 45.0. The Balaban J connectivity index is 2.45. The molecule has 0 aliphatic heterocycles. The van der Waals surface area contributed by atoms with E-state index in [1.54, 1.807) is 0 Å². The van der Waals surface area contributed by atoms with Crippen LogP contribution in [0.25, 0.3) is 0 Å². The van der Waals surface area contributed by atoms with Gasteiger partial charge >= 0.3 is 19.8 Å². The van der Waals surface area contributed by atoms with Crippen LogP contribution in [0.4, 0.5) is 0 Å². The lowest BCUT2D eigenvalue weighted by atomic mass is 9.85. The van der Waals surface area contributed by atoms with Gasteiger partial charge in [-0.15, -0.1) is 0 Å². The summed E-state index contributed by atoms with van der Waals surface area (Å²) in [6.45, 7) is 3.26. The van der Waals surface area contributed by atoms with E-state index in [9.17, 15) is 44.6 Å². The molecule has 0 amide bonds. The minimum absolute atomic E-state index is 0.0902. The molecule has 1 rings (SSSR count). The fourth-order valence-corrected chi connectivity index (χ4v) is 8.05. The number of carbonyl (C=O) groups is 2. The minimum Gasteiger partial charge on any atom is -0.462 e. The van der Waals surface area contributed by atoms with Crippen LogP contribution in [0.1, 0.15) is 194 Å². The Labute approximate surface area is 368 Å². The van der Waals surface area contributed by atoms with Gasteiger partial charge in [-0.1, -0.05) is 147 Å². The van der Waals surface area contributed by atoms with Crippen molar-refractivity contribution >= 4 is 19.8 Å². The molecule has 356 valence electrons. The second-order valence-electron chi connectivity index (χ2n) is 16.6. The summed E-state index contributed by atoms with van der Waals surface area (Å²) in [6.07, 6.45) is 29.0. The van der Waals surface area contributed by atoms with Gasteiger partial charge in [0.25, 0.3) is 0 Å². The molecule has 13 nitrogen and oxygen atoms in total. The number of aliphatic hydroxyl groups is 5. The summed E-state index contributed by atoms with van der Waals surface area (Å²) >= 11 is 0. The van der Waals surface area contributed by atoms with E-state index >= 15 is 0 Å². The largest absolute Gasteiger partial charge is 0.472 e. The van der Waals surface area contributed by atoms with E-state index in [2.05, 4.69) is 50.3 Å². The number of ether oxygens (including phenoxy) is 2. The maximum absolute atomic E-state index is 12.8. The van der Waals surface area contributed by atoms with Gasteiger partial charge in [0.15, 0.2) is 6.10 Å². The molecule has 1 saturated carbocycles. The Morgan fingerprint density at radius 3 is 1.38 bits per heavy atom. The van der Waals surface area contributed by atoms with Gasteiger partial charge in [-0.3, -0.25) is 18.6 Å². The molecule has 0 radical (unpaired) electrons. The molecular formula is C47H85O13P. The standard InChI is InChI=1S/C47H85O13P/c1-3-5-7-9-11-13-15-17-19-20-22-23-25-27-29-31-33-35-40(48)57-37-39(38-58-61(55,56)60-47-45(53)43(51)42(50)44(52)46(47)54)59-41(49)36-34-32-30-28-26-24-21-18-16-14-12-10-8-6-4-2/h11,13-14,16-17,19,39,42-47,50-54H,3-10,12,15,18,20-38H2,1-2H3,(H,55,56)/b13-11+,16-14+,19-17+/t39-,42?,43-,44?,45?,46?,47?/m0/s1. The van der Waals surface area contributed by atoms with Crippen LogP contribution in [0.2, 0.25) is 0 Å². The van der Waals surface area contributed by atoms with E-state index in [1.807, 2.05) is 0 Å². The quantitative estimate of drug-likeness (QED) is 0.0147. The molecule has 0 heterocycles. The van der Waals surface area contributed by atoms with Gasteiger partial charge in [0.2, 0.25) is 0 Å². The van der Waals surface area contributed by atoms with Crippen LogP contribution in [0.15, 0.2) is 36.5 Å². The Kier molecular flexibility index (Phi) is 35.0. The van der Waals surface area contributed by atoms with Crippen molar-refractivity contribution in [3.05, 3.63) is 36.5 Å². The monoisotopic (exact) mass is 889 g/mol. The van der Waals surface area contributed by atoms with Gasteiger partial charge in [0, 0.05) is 12.8 Å². The average Bonchev–Trinajstić information content (AvgIpc) is 3.24. The molecule has 8 atom stereocenters. The number of hydrogen-bond acceptors (Lipinski definition) is 12. The molecule has 0 spiro atoms. The summed E-state index contributed by atoms with van der Waals surface area (Å²) in [7, 11) is -5.12. The Bertz CT molecular complexity index is 1210. The predicted octanol–water partition coefficient (Wildman–Crippen LogP) is 9.39. The molecular weight excluding hydrogens is 803 g/mol. The Hall–Kier alpha value is -1.93. The molecule has 0 aromatic heterocycles. The average molecular weight is 889 g/mol. The maximum Gasteiger partial charge on any atom is 0.472 e. The number of unbranched alkanes of at least 4 members (excludes halogenated alkanes) is 21. The van der Waals surface area contributed by atoms with Crippen molar-refractivity contribution in [1.82, 2.24) is 0 Å². The normalized spacial score (nSPS) is 22.3. The number of allylic oxidation sites excluding steroid dienone is 6. The first-order valence-electron chi connectivity index (χ1n) is 23.8. The first kappa shape index (κ1) is 57.1. The second-order valence-corrected chi connectivity index (χ2v) is 18.0. The van der Waals surface area contributed by atoms with Crippen molar-refractivity contribution < 1.29 is 63.1 Å². The van der Waals surface area contributed by atoms with Crippen LogP contribution in [0.5, 0.6) is 0 Å². The van der Waals surface area contributed by atoms with Crippen molar-refractivity contribution in [2.45, 2.75) is 236 Å². The number of esters is 2. The van der Waals surface area contributed by atoms with Crippen LogP contribution < -0.4 is 0 Å². The summed E-state index contributed by atoms with van der Waals surface area (Å²) in [5.41, 5.74) is 0. The van der Waals surface area contributed by atoms with Gasteiger partial charge in [-0.2, -0.15) is 0 Å². The summed E-state index contributed by atoms with van der Waals surface area (Å²) in [6, 6.07) is 0. The van der Waals surface area contributed by atoms with E-state index in [4.69, 9.17) is 18.5 Å². The van der Waals surface area contributed by atoms with Gasteiger partial charge < -0.3 is 39.9 Å². The molecule has 6 N–H and O–H groups in total. The topological polar surface area (TPSA) is 210 Å². The summed E-state index contributed by atoms with van der Waals surface area (Å²) in [5, 5.41) is 50.2. The van der Waals surface area contributed by atoms with E-state index in [0.717, 1.165) is 83.5 Å². The maximum atomic E-state index is 12.8. The molecule has 1 aliphatic rings. The van der Waals surface area contributed by atoms with E-state index in [1.165, 1.54) is 70.6 Å². The van der Waals surface area contributed by atoms with E-state index in [0.29, 0.717) is 12.8 Å². The molecule has 1 aliphatic carbocycles. The number of phosphoric acid groups is 1. The zero-order valence-electron chi connectivity index (χ0n) is 37.7. The molecule has 1 fully saturated rings. The number of carbonyl (C=O) groups excluding carboxylic acids is 2. The van der Waals surface area contributed by atoms with Crippen molar-refractivity contribution in [2.75, 3.05) is 13.2 Å². The number of rotatable bonds is 39. The zero-order valence-corrected chi connectivity index (χ0v) is 38.6. The lowest BCUT2D eigenvalue weighted by Crippen LogP contribution is -2.64. The molecule has 0 aromatic carbocycles. The fraction of sp³-hybridized carbons (Fsp3) is 0.830. The molecule has 0 saturated heterocycles. The molecule has 61 heavy (non-hydrogen) atoms. The third-order valence-electron chi connectivity index (χ3n) is 11.0. The van der Waals surface area contributed by atoms with Crippen LogP contribution in [-0.2, 0) is 32.7 Å². The first-order valence-corrected chi connectivity index (χ1v) is 25.3. The minimum atomic E-state index is -5.12. The summed E-state index contributed by atoms with van der Waals surface area (Å²) < 4.78 is 33.5. The van der Waals surface area contributed by atoms with Crippen LogP contribution in [0.3, 0.4) is 0 Å². The lowest BCUT2D eigenvalue weighted by Gasteiger charge is -2.41. The van der Waals surface area contributed by atoms with Crippen LogP contribution in [0, 0.1) is 0 Å². The SMILES string of the molecule is CCCCC/C=C/C/C=C/CCCCCCCCCC(=O)OC[C@@H](COP(=O)(O)OC1C(O)C(O)C(O)[C@H](O)C1O)OC(=O)CCCCCCCCC/C=C/CCCCCC. The van der Waals surface area contributed by atoms with Crippen LogP contribution in [-0.4, -0.2) is 98.3 Å². The van der Waals surface area contributed by atoms with Crippen molar-refractivity contribution in [3.8, 4) is 0 Å². The van der Waals surface area contributed by atoms with E-state index in [-0.39, 0.29) is 12.8 Å². The van der Waals surface area contributed by atoms with Crippen molar-refractivity contribution in [3.63, 3.8) is 0 Å². The Morgan fingerprint density at radius 1 is 0.508 bits per heavy atom. The second kappa shape index (κ2) is 37.4. The predicted molar refractivity (Wildman–Crippen MR) is 240 cm³/mol. The number of hydrogen-bond donors (Lipinski definition) is 6. The van der Waals surface area contributed by atoms with Gasteiger partial charge in [-0.25, -0.2) is 4.57 Å². The summed E-state index contributed by atoms with van der Waals surface area (Å²) in [5.74, 6) is -1.11. The summed E-state index contributed by atoms with van der Waals surface area (Å²) in [4.78, 5) is 35.7. The van der Waals surface area contributed by atoms with Crippen molar-refractivity contribution in [2.24, 2.45) is 0 Å². The molecule has 0 bridgehead atoms. The van der Waals surface area contributed by atoms with Crippen molar-refractivity contribution in [1.29, 1.82) is 0 Å². The Morgan fingerprint density at radius 2 is 0.885 bits per heavy atom.